The van der Waals surface area contributed by atoms with Gasteiger partial charge in [0.1, 0.15) is 0 Å². The molecule has 0 unspecified atom stereocenters. The Morgan fingerprint density at radius 3 is 2.61 bits per heavy atom. The molecule has 0 saturated carbocycles. The summed E-state index contributed by atoms with van der Waals surface area (Å²) in [6.45, 7) is 5.76. The van der Waals surface area contributed by atoms with Crippen molar-refractivity contribution < 1.29 is 22.5 Å². The summed E-state index contributed by atoms with van der Waals surface area (Å²) in [5.41, 5.74) is 2.94. The predicted octanol–water partition coefficient (Wildman–Crippen LogP) is 2.78. The third kappa shape index (κ3) is 4.90. The Balaban J connectivity index is 1.41. The summed E-state index contributed by atoms with van der Waals surface area (Å²) in [7, 11) is -3.20. The molecule has 0 N–H and O–H groups in total. The first-order valence-corrected chi connectivity index (χ1v) is 12.4. The van der Waals surface area contributed by atoms with Crippen molar-refractivity contribution in [3.8, 4) is 11.5 Å². The first-order valence-electron chi connectivity index (χ1n) is 10.6. The number of nitrogens with zero attached hydrogens (tertiary/aromatic N) is 4. The van der Waals surface area contributed by atoms with Crippen LogP contribution < -0.4 is 0 Å². The number of benzene rings is 1. The van der Waals surface area contributed by atoms with Crippen LogP contribution in [0.2, 0.25) is 0 Å². The van der Waals surface area contributed by atoms with E-state index in [9.17, 15) is 13.2 Å². The molecule has 0 spiro atoms. The molecule has 9 nitrogen and oxygen atoms in total. The van der Waals surface area contributed by atoms with Gasteiger partial charge in [-0.25, -0.2) is 13.2 Å². The Bertz CT molecular complexity index is 1060. The van der Waals surface area contributed by atoms with Gasteiger partial charge in [-0.2, -0.15) is 9.29 Å². The number of hydrogen-bond donors (Lipinski definition) is 0. The molecule has 0 atom stereocenters. The Morgan fingerprint density at radius 2 is 1.94 bits per heavy atom. The van der Waals surface area contributed by atoms with Crippen LogP contribution in [0, 0.1) is 0 Å². The molecule has 0 bridgehead atoms. The summed E-state index contributed by atoms with van der Waals surface area (Å²) in [6.07, 6.45) is 3.02. The first kappa shape index (κ1) is 21.8. The van der Waals surface area contributed by atoms with E-state index in [1.165, 1.54) is 10.6 Å². The van der Waals surface area contributed by atoms with E-state index in [-0.39, 0.29) is 18.1 Å². The number of fused-ring (bicyclic) bond motifs is 1. The molecule has 2 aliphatic heterocycles. The van der Waals surface area contributed by atoms with E-state index < -0.39 is 10.0 Å². The second-order valence-corrected chi connectivity index (χ2v) is 10.5. The minimum Gasteiger partial charge on any atom is -0.447 e. The fraction of sp³-hybridized carbons (Fsp3) is 0.571. The molecule has 31 heavy (non-hydrogen) atoms. The Labute approximate surface area is 182 Å². The Morgan fingerprint density at radius 1 is 1.19 bits per heavy atom. The van der Waals surface area contributed by atoms with E-state index in [2.05, 4.69) is 10.1 Å². The van der Waals surface area contributed by atoms with Crippen molar-refractivity contribution in [1.82, 2.24) is 19.3 Å². The Hall–Kier alpha value is -2.46. The molecule has 4 rings (SSSR count). The molecule has 1 saturated heterocycles. The monoisotopic (exact) mass is 448 g/mol. The summed E-state index contributed by atoms with van der Waals surface area (Å²) in [4.78, 5) is 18.4. The lowest BCUT2D eigenvalue weighted by Crippen LogP contribution is -2.39. The van der Waals surface area contributed by atoms with Gasteiger partial charge in [-0.3, -0.25) is 0 Å². The third-order valence-corrected chi connectivity index (χ3v) is 7.05. The molecule has 2 aliphatic rings. The van der Waals surface area contributed by atoms with E-state index in [0.29, 0.717) is 44.3 Å². The second-order valence-electron chi connectivity index (χ2n) is 8.48. The van der Waals surface area contributed by atoms with Gasteiger partial charge in [0.2, 0.25) is 10.0 Å². The number of aromatic nitrogens is 2. The van der Waals surface area contributed by atoms with Gasteiger partial charge in [0.15, 0.2) is 5.82 Å². The van der Waals surface area contributed by atoms with Crippen LogP contribution >= 0.6 is 0 Å². The zero-order valence-corrected chi connectivity index (χ0v) is 18.9. The SMILES string of the molecule is CC(C)OC(=O)N1CCC(c2noc(-c3ccc4c(c3)CCN(S(C)(=O)=O)C4)n2)CC1. The lowest BCUT2D eigenvalue weighted by Gasteiger charge is -2.30. The number of piperidine rings is 1. The number of hydrogen-bond acceptors (Lipinski definition) is 7. The minimum atomic E-state index is -3.20. The highest BCUT2D eigenvalue weighted by Gasteiger charge is 2.29. The maximum absolute atomic E-state index is 12.1. The van der Waals surface area contributed by atoms with Crippen LogP contribution in [0.3, 0.4) is 0 Å². The molecular formula is C21H28N4O5S. The number of likely N-dealkylation sites (tertiary alicyclic amines) is 1. The van der Waals surface area contributed by atoms with Crippen molar-refractivity contribution in [2.24, 2.45) is 0 Å². The maximum Gasteiger partial charge on any atom is 0.410 e. The Kier molecular flexibility index (Phi) is 6.02. The molecule has 1 fully saturated rings. The van der Waals surface area contributed by atoms with Crippen LogP contribution in [0.5, 0.6) is 0 Å². The molecule has 1 amide bonds. The van der Waals surface area contributed by atoms with Crippen molar-refractivity contribution in [2.75, 3.05) is 25.9 Å². The number of rotatable bonds is 4. The molecule has 2 aromatic rings. The van der Waals surface area contributed by atoms with Crippen molar-refractivity contribution in [1.29, 1.82) is 0 Å². The number of ether oxygens (including phenoxy) is 1. The van der Waals surface area contributed by atoms with E-state index >= 15 is 0 Å². The van der Waals surface area contributed by atoms with E-state index in [1.54, 1.807) is 4.90 Å². The zero-order chi connectivity index (χ0) is 22.2. The lowest BCUT2D eigenvalue weighted by molar-refractivity contribution is 0.0688. The highest BCUT2D eigenvalue weighted by Crippen LogP contribution is 2.30. The maximum atomic E-state index is 12.1. The molecule has 1 aromatic heterocycles. The third-order valence-electron chi connectivity index (χ3n) is 5.80. The van der Waals surface area contributed by atoms with Crippen LogP contribution in [0.4, 0.5) is 4.79 Å². The van der Waals surface area contributed by atoms with Crippen LogP contribution in [0.25, 0.3) is 11.5 Å². The van der Waals surface area contributed by atoms with Crippen LogP contribution in [0.1, 0.15) is 49.6 Å². The van der Waals surface area contributed by atoms with Crippen LogP contribution in [-0.4, -0.2) is 65.9 Å². The van der Waals surface area contributed by atoms with Crippen LogP contribution in [-0.2, 0) is 27.7 Å². The molecule has 3 heterocycles. The first-order chi connectivity index (χ1) is 14.7. The predicted molar refractivity (Wildman–Crippen MR) is 114 cm³/mol. The summed E-state index contributed by atoms with van der Waals surface area (Å²) < 4.78 is 35.9. The number of carbonyl (C=O) groups is 1. The van der Waals surface area contributed by atoms with Gasteiger partial charge < -0.3 is 14.2 Å². The van der Waals surface area contributed by atoms with Gasteiger partial charge in [-0.15, -0.1) is 0 Å². The largest absolute Gasteiger partial charge is 0.447 e. The van der Waals surface area contributed by atoms with Gasteiger partial charge in [0, 0.05) is 37.7 Å². The highest BCUT2D eigenvalue weighted by atomic mass is 32.2. The van der Waals surface area contributed by atoms with Gasteiger partial charge in [0.25, 0.3) is 5.89 Å². The molecule has 10 heteroatoms. The van der Waals surface area contributed by atoms with Gasteiger partial charge >= 0.3 is 6.09 Å². The molecule has 1 aromatic carbocycles. The quantitative estimate of drug-likeness (QED) is 0.708. The number of amides is 1. The molecule has 168 valence electrons. The number of carbonyl (C=O) groups excluding carboxylic acids is 1. The van der Waals surface area contributed by atoms with E-state index in [1.807, 2.05) is 32.0 Å². The van der Waals surface area contributed by atoms with Crippen LogP contribution in [0.15, 0.2) is 22.7 Å². The van der Waals surface area contributed by atoms with Crippen molar-refractivity contribution >= 4 is 16.1 Å². The topological polar surface area (TPSA) is 106 Å². The summed E-state index contributed by atoms with van der Waals surface area (Å²) >= 11 is 0. The average molecular weight is 449 g/mol. The van der Waals surface area contributed by atoms with Crippen molar-refractivity contribution in [2.45, 2.75) is 51.7 Å². The summed E-state index contributed by atoms with van der Waals surface area (Å²) in [6, 6.07) is 5.84. The zero-order valence-electron chi connectivity index (χ0n) is 18.1. The fourth-order valence-electron chi connectivity index (χ4n) is 4.06. The van der Waals surface area contributed by atoms with E-state index in [0.717, 1.165) is 29.5 Å². The average Bonchev–Trinajstić information content (AvgIpc) is 3.22. The molecule has 0 radical (unpaired) electrons. The van der Waals surface area contributed by atoms with E-state index in [4.69, 9.17) is 9.26 Å². The molecule has 0 aliphatic carbocycles. The standard InChI is InChI=1S/C21H28N4O5S/c1-14(2)29-21(26)24-9-6-15(7-10-24)19-22-20(30-23-19)17-4-5-18-13-25(31(3,27)28)11-8-16(18)12-17/h4-5,12,14-15H,6-11,13H2,1-3H3. The minimum absolute atomic E-state index is 0.129. The highest BCUT2D eigenvalue weighted by molar-refractivity contribution is 7.88. The number of sulfonamides is 1. The summed E-state index contributed by atoms with van der Waals surface area (Å²) in [5.74, 6) is 1.26. The van der Waals surface area contributed by atoms with Crippen molar-refractivity contribution in [3.63, 3.8) is 0 Å². The second kappa shape index (κ2) is 8.58. The smallest absolute Gasteiger partial charge is 0.410 e. The fourth-order valence-corrected chi connectivity index (χ4v) is 4.85. The van der Waals surface area contributed by atoms with Gasteiger partial charge in [-0.1, -0.05) is 11.2 Å². The van der Waals surface area contributed by atoms with Gasteiger partial charge in [-0.05, 0) is 56.4 Å². The normalized spacial score (nSPS) is 18.3. The lowest BCUT2D eigenvalue weighted by atomic mass is 9.96. The van der Waals surface area contributed by atoms with Gasteiger partial charge in [0.05, 0.1) is 12.4 Å². The molecular weight excluding hydrogens is 420 g/mol. The van der Waals surface area contributed by atoms with Crippen molar-refractivity contribution in [3.05, 3.63) is 35.2 Å². The summed E-state index contributed by atoms with van der Waals surface area (Å²) in [5, 5.41) is 4.18.